The van der Waals surface area contributed by atoms with Crippen LogP contribution >= 0.6 is 23.1 Å². The highest BCUT2D eigenvalue weighted by Crippen LogP contribution is 2.36. The van der Waals surface area contributed by atoms with Gasteiger partial charge in [-0.2, -0.15) is 0 Å². The summed E-state index contributed by atoms with van der Waals surface area (Å²) >= 11 is 3.72. The van der Waals surface area contributed by atoms with Crippen molar-refractivity contribution in [2.24, 2.45) is 5.92 Å². The third kappa shape index (κ3) is 2.87. The van der Waals surface area contributed by atoms with Crippen molar-refractivity contribution in [2.75, 3.05) is 12.3 Å². The molecule has 0 saturated heterocycles. The number of fused-ring (bicyclic) bond motifs is 1. The maximum Gasteiger partial charge on any atom is 0.151 e. The molecule has 1 aliphatic carbocycles. The van der Waals surface area contributed by atoms with Crippen molar-refractivity contribution >= 4 is 33.3 Å². The average Bonchev–Trinajstić information content (AvgIpc) is 3.13. The largest absolute Gasteiger partial charge is 0.313 e. The zero-order valence-corrected chi connectivity index (χ0v) is 12.2. The van der Waals surface area contributed by atoms with E-state index in [4.69, 9.17) is 0 Å². The summed E-state index contributed by atoms with van der Waals surface area (Å²) in [5.41, 5.74) is 1.14. The lowest BCUT2D eigenvalue weighted by atomic mass is 10.2. The van der Waals surface area contributed by atoms with E-state index in [0.717, 1.165) is 23.7 Å². The van der Waals surface area contributed by atoms with E-state index in [-0.39, 0.29) is 0 Å². The van der Waals surface area contributed by atoms with Gasteiger partial charge in [-0.1, -0.05) is 30.8 Å². The molecule has 4 heteroatoms. The summed E-state index contributed by atoms with van der Waals surface area (Å²) in [5, 5.41) is 3.60. The number of rotatable bonds is 6. The van der Waals surface area contributed by atoms with Crippen LogP contribution in [-0.4, -0.2) is 23.3 Å². The highest BCUT2D eigenvalue weighted by atomic mass is 32.2. The lowest BCUT2D eigenvalue weighted by molar-refractivity contribution is 0.519. The van der Waals surface area contributed by atoms with Gasteiger partial charge < -0.3 is 5.32 Å². The highest BCUT2D eigenvalue weighted by Gasteiger charge is 2.30. The van der Waals surface area contributed by atoms with Crippen LogP contribution in [0.3, 0.4) is 0 Å². The van der Waals surface area contributed by atoms with Gasteiger partial charge in [0, 0.05) is 11.8 Å². The van der Waals surface area contributed by atoms with E-state index < -0.39 is 0 Å². The summed E-state index contributed by atoms with van der Waals surface area (Å²) in [5.74, 6) is 2.06. The number of thiazole rings is 1. The molecule has 2 nitrogen and oxygen atoms in total. The van der Waals surface area contributed by atoms with E-state index in [1.54, 1.807) is 0 Å². The third-order valence-corrected chi connectivity index (χ3v) is 5.62. The van der Waals surface area contributed by atoms with Crippen LogP contribution in [0.1, 0.15) is 19.8 Å². The Morgan fingerprint density at radius 3 is 3.00 bits per heavy atom. The Labute approximate surface area is 116 Å². The fourth-order valence-corrected chi connectivity index (χ4v) is 4.48. The molecule has 1 N–H and O–H groups in total. The van der Waals surface area contributed by atoms with E-state index in [0.29, 0.717) is 6.04 Å². The predicted octanol–water partition coefficient (Wildman–Crippen LogP) is 3.78. The molecule has 3 rings (SSSR count). The van der Waals surface area contributed by atoms with Crippen molar-refractivity contribution in [1.82, 2.24) is 10.3 Å². The molecule has 1 aromatic heterocycles. The first kappa shape index (κ1) is 12.5. The first-order valence-electron chi connectivity index (χ1n) is 6.58. The number of para-hydroxylation sites is 1. The van der Waals surface area contributed by atoms with Crippen LogP contribution in [0.5, 0.6) is 0 Å². The number of thioether (sulfide) groups is 1. The molecule has 96 valence electrons. The molecule has 0 spiro atoms. The first-order valence-corrected chi connectivity index (χ1v) is 8.39. The highest BCUT2D eigenvalue weighted by molar-refractivity contribution is 8.01. The van der Waals surface area contributed by atoms with Crippen LogP contribution in [0.2, 0.25) is 0 Å². The topological polar surface area (TPSA) is 24.9 Å². The molecule has 1 heterocycles. The van der Waals surface area contributed by atoms with Gasteiger partial charge in [0.25, 0.3) is 0 Å². The second kappa shape index (κ2) is 5.59. The van der Waals surface area contributed by atoms with Crippen molar-refractivity contribution in [1.29, 1.82) is 0 Å². The number of benzene rings is 1. The van der Waals surface area contributed by atoms with Crippen LogP contribution in [0.15, 0.2) is 28.6 Å². The normalized spacial score (nSPS) is 17.2. The maximum absolute atomic E-state index is 4.68. The first-order chi connectivity index (χ1) is 8.86. The Kier molecular flexibility index (Phi) is 3.87. The molecule has 0 radical (unpaired) electrons. The molecule has 1 fully saturated rings. The Morgan fingerprint density at radius 2 is 2.28 bits per heavy atom. The standard InChI is InChI=1S/C14H18N2S2/c1-2-15-12(10-7-8-10)9-17-14-16-11-5-3-4-6-13(11)18-14/h3-6,10,12,15H,2,7-9H2,1H3. The Morgan fingerprint density at radius 1 is 1.44 bits per heavy atom. The Hall–Kier alpha value is -0.580. The number of nitrogens with zero attached hydrogens (tertiary/aromatic N) is 1. The fourth-order valence-electron chi connectivity index (χ4n) is 2.20. The van der Waals surface area contributed by atoms with E-state index in [9.17, 15) is 0 Å². The molecular weight excluding hydrogens is 260 g/mol. The van der Waals surface area contributed by atoms with Crippen LogP contribution in [0.4, 0.5) is 0 Å². The molecule has 18 heavy (non-hydrogen) atoms. The van der Waals surface area contributed by atoms with Crippen LogP contribution in [-0.2, 0) is 0 Å². The fraction of sp³-hybridized carbons (Fsp3) is 0.500. The Bertz CT molecular complexity index is 486. The minimum atomic E-state index is 0.673. The second-order valence-electron chi connectivity index (χ2n) is 4.76. The van der Waals surface area contributed by atoms with Gasteiger partial charge in [-0.05, 0) is 37.4 Å². The van der Waals surface area contributed by atoms with E-state index >= 15 is 0 Å². The van der Waals surface area contributed by atoms with Crippen molar-refractivity contribution in [3.05, 3.63) is 24.3 Å². The summed E-state index contributed by atoms with van der Waals surface area (Å²) < 4.78 is 2.51. The smallest absolute Gasteiger partial charge is 0.151 e. The van der Waals surface area contributed by atoms with Gasteiger partial charge in [-0.15, -0.1) is 11.3 Å². The molecule has 2 aromatic rings. The van der Waals surface area contributed by atoms with Crippen molar-refractivity contribution in [3.63, 3.8) is 0 Å². The molecule has 1 unspecified atom stereocenters. The minimum Gasteiger partial charge on any atom is -0.313 e. The number of aromatic nitrogens is 1. The number of nitrogens with one attached hydrogen (secondary N) is 1. The van der Waals surface area contributed by atoms with Gasteiger partial charge in [-0.25, -0.2) is 4.98 Å². The van der Waals surface area contributed by atoms with E-state index in [1.807, 2.05) is 23.1 Å². The predicted molar refractivity (Wildman–Crippen MR) is 80.5 cm³/mol. The zero-order valence-electron chi connectivity index (χ0n) is 10.6. The summed E-state index contributed by atoms with van der Waals surface area (Å²) in [6.07, 6.45) is 2.80. The quantitative estimate of drug-likeness (QED) is 0.814. The molecule has 1 aromatic carbocycles. The number of hydrogen-bond donors (Lipinski definition) is 1. The molecule has 1 saturated carbocycles. The molecule has 1 aliphatic rings. The SMILES string of the molecule is CCNC(CSc1nc2ccccc2s1)C1CC1. The summed E-state index contributed by atoms with van der Waals surface area (Å²) in [6, 6.07) is 9.06. The summed E-state index contributed by atoms with van der Waals surface area (Å²) in [4.78, 5) is 4.68. The lowest BCUT2D eigenvalue weighted by Gasteiger charge is -2.15. The average molecular weight is 278 g/mol. The third-order valence-electron chi connectivity index (χ3n) is 3.32. The van der Waals surface area contributed by atoms with Gasteiger partial charge >= 0.3 is 0 Å². The van der Waals surface area contributed by atoms with Crippen molar-refractivity contribution in [2.45, 2.75) is 30.1 Å². The van der Waals surface area contributed by atoms with Gasteiger partial charge in [0.2, 0.25) is 0 Å². The van der Waals surface area contributed by atoms with Crippen LogP contribution in [0, 0.1) is 5.92 Å². The minimum absolute atomic E-state index is 0.673. The van der Waals surface area contributed by atoms with Gasteiger partial charge in [0.1, 0.15) is 0 Å². The molecule has 0 amide bonds. The van der Waals surface area contributed by atoms with Crippen LogP contribution < -0.4 is 5.32 Å². The Balaban J connectivity index is 1.64. The zero-order chi connectivity index (χ0) is 12.4. The monoisotopic (exact) mass is 278 g/mol. The number of hydrogen-bond acceptors (Lipinski definition) is 4. The van der Waals surface area contributed by atoms with Gasteiger partial charge in [-0.3, -0.25) is 0 Å². The van der Waals surface area contributed by atoms with Gasteiger partial charge in [0.15, 0.2) is 4.34 Å². The summed E-state index contributed by atoms with van der Waals surface area (Å²) in [7, 11) is 0. The van der Waals surface area contributed by atoms with Crippen molar-refractivity contribution in [3.8, 4) is 0 Å². The van der Waals surface area contributed by atoms with Gasteiger partial charge in [0.05, 0.1) is 10.2 Å². The second-order valence-corrected chi connectivity index (χ2v) is 7.06. The maximum atomic E-state index is 4.68. The van der Waals surface area contributed by atoms with Crippen molar-refractivity contribution < 1.29 is 0 Å². The lowest BCUT2D eigenvalue weighted by Crippen LogP contribution is -2.33. The van der Waals surface area contributed by atoms with E-state index in [1.165, 1.54) is 21.9 Å². The summed E-state index contributed by atoms with van der Waals surface area (Å²) in [6.45, 7) is 3.26. The van der Waals surface area contributed by atoms with E-state index in [2.05, 4.69) is 41.5 Å². The van der Waals surface area contributed by atoms with Crippen LogP contribution in [0.25, 0.3) is 10.2 Å². The molecule has 1 atom stereocenters. The molecule has 0 bridgehead atoms. The molecule has 0 aliphatic heterocycles. The molecular formula is C14H18N2S2.